The van der Waals surface area contributed by atoms with Crippen molar-refractivity contribution in [1.82, 2.24) is 0 Å². The van der Waals surface area contributed by atoms with Crippen molar-refractivity contribution in [1.29, 1.82) is 0 Å². The van der Waals surface area contributed by atoms with Crippen LogP contribution in [0.3, 0.4) is 0 Å². The molecule has 2 aliphatic carbocycles. The third kappa shape index (κ3) is 2.12. The molecule has 0 unspecified atom stereocenters. The van der Waals surface area contributed by atoms with Gasteiger partial charge in [-0.25, -0.2) is 0 Å². The SMILES string of the molecule is CC1(C)C(=O)CC[C@]2(C)[C@@H]1CC[C@]1(C)O[C@@](C)([C@@H]3CO3)CC[C@@H]21. The third-order valence-corrected chi connectivity index (χ3v) is 8.15. The number of epoxide rings is 1. The van der Waals surface area contributed by atoms with Crippen LogP contribution in [0.5, 0.6) is 0 Å². The van der Waals surface area contributed by atoms with Crippen LogP contribution >= 0.6 is 0 Å². The van der Waals surface area contributed by atoms with Crippen molar-refractivity contribution in [2.45, 2.75) is 90.4 Å². The minimum absolute atomic E-state index is 0.0549. The molecule has 2 heterocycles. The summed E-state index contributed by atoms with van der Waals surface area (Å²) in [5.41, 5.74) is -0.0973. The Morgan fingerprint density at radius 3 is 2.17 bits per heavy atom. The normalized spacial score (nSPS) is 55.0. The highest BCUT2D eigenvalue weighted by atomic mass is 16.6. The number of rotatable bonds is 1. The predicted octanol–water partition coefficient (Wildman–Crippen LogP) is 4.13. The first-order valence-electron chi connectivity index (χ1n) is 9.47. The molecule has 130 valence electrons. The lowest BCUT2D eigenvalue weighted by Crippen LogP contribution is -2.64. The van der Waals surface area contributed by atoms with Crippen LogP contribution in [0.1, 0.15) is 73.1 Å². The van der Waals surface area contributed by atoms with E-state index >= 15 is 0 Å². The monoisotopic (exact) mass is 320 g/mol. The molecule has 2 saturated carbocycles. The molecule has 3 heteroatoms. The lowest BCUT2D eigenvalue weighted by Gasteiger charge is -2.64. The van der Waals surface area contributed by atoms with Gasteiger partial charge in [0, 0.05) is 11.8 Å². The summed E-state index contributed by atoms with van der Waals surface area (Å²) in [6.07, 6.45) is 6.59. The van der Waals surface area contributed by atoms with E-state index in [1.165, 1.54) is 6.42 Å². The van der Waals surface area contributed by atoms with E-state index in [2.05, 4.69) is 34.6 Å². The summed E-state index contributed by atoms with van der Waals surface area (Å²) in [5, 5.41) is 0. The van der Waals surface area contributed by atoms with Gasteiger partial charge >= 0.3 is 0 Å². The molecule has 4 fully saturated rings. The highest BCUT2D eigenvalue weighted by Gasteiger charge is 2.64. The summed E-state index contributed by atoms with van der Waals surface area (Å²) in [5.74, 6) is 1.53. The second-order valence-electron chi connectivity index (χ2n) is 9.88. The molecule has 0 bridgehead atoms. The summed E-state index contributed by atoms with van der Waals surface area (Å²) in [4.78, 5) is 12.5. The summed E-state index contributed by atoms with van der Waals surface area (Å²) in [7, 11) is 0. The van der Waals surface area contributed by atoms with Gasteiger partial charge in [-0.1, -0.05) is 20.8 Å². The maximum absolute atomic E-state index is 12.5. The van der Waals surface area contributed by atoms with Crippen LogP contribution in [0.4, 0.5) is 0 Å². The van der Waals surface area contributed by atoms with Crippen LogP contribution < -0.4 is 0 Å². The van der Waals surface area contributed by atoms with Gasteiger partial charge < -0.3 is 9.47 Å². The van der Waals surface area contributed by atoms with Crippen molar-refractivity contribution in [2.24, 2.45) is 22.7 Å². The van der Waals surface area contributed by atoms with Crippen LogP contribution in [0, 0.1) is 22.7 Å². The van der Waals surface area contributed by atoms with Crippen LogP contribution in [0.25, 0.3) is 0 Å². The van der Waals surface area contributed by atoms with Crippen LogP contribution in [-0.2, 0) is 14.3 Å². The molecule has 0 radical (unpaired) electrons. The van der Waals surface area contributed by atoms with Crippen molar-refractivity contribution in [3.8, 4) is 0 Å². The quantitative estimate of drug-likeness (QED) is 0.682. The Labute approximate surface area is 140 Å². The standard InChI is InChI=1S/C20H32O3/c1-17(2)13-6-10-19(4)14(18(13,3)9-8-15(17)21)7-11-20(5,23-19)16-12-22-16/h13-14,16H,6-12H2,1-5H3/t13-,14+,16+,18-,19+,20-/m1/s1. The number of ketones is 1. The molecular weight excluding hydrogens is 288 g/mol. The van der Waals surface area contributed by atoms with Crippen molar-refractivity contribution in [2.75, 3.05) is 6.61 Å². The van der Waals surface area contributed by atoms with Crippen molar-refractivity contribution in [3.05, 3.63) is 0 Å². The molecule has 0 aromatic rings. The maximum Gasteiger partial charge on any atom is 0.138 e. The van der Waals surface area contributed by atoms with E-state index < -0.39 is 0 Å². The average Bonchev–Trinajstić information content (AvgIpc) is 3.27. The number of ether oxygens (including phenoxy) is 2. The second kappa shape index (κ2) is 4.60. The van der Waals surface area contributed by atoms with Crippen molar-refractivity contribution < 1.29 is 14.3 Å². The fourth-order valence-corrected chi connectivity index (χ4v) is 6.71. The largest absolute Gasteiger partial charge is 0.370 e. The Kier molecular flexibility index (Phi) is 3.22. The lowest BCUT2D eigenvalue weighted by atomic mass is 9.44. The van der Waals surface area contributed by atoms with E-state index in [1.807, 2.05) is 0 Å². The summed E-state index contributed by atoms with van der Waals surface area (Å²) in [6.45, 7) is 12.3. The molecule has 0 aromatic heterocycles. The van der Waals surface area contributed by atoms with Gasteiger partial charge in [0.25, 0.3) is 0 Å². The highest BCUT2D eigenvalue weighted by molar-refractivity contribution is 5.85. The number of hydrogen-bond acceptors (Lipinski definition) is 3. The van der Waals surface area contributed by atoms with Crippen LogP contribution in [0.15, 0.2) is 0 Å². The zero-order valence-electron chi connectivity index (χ0n) is 15.4. The number of carbonyl (C=O) groups excluding carboxylic acids is 1. The van der Waals surface area contributed by atoms with E-state index in [1.54, 1.807) is 0 Å². The molecule has 3 nitrogen and oxygen atoms in total. The van der Waals surface area contributed by atoms with Gasteiger partial charge in [0.15, 0.2) is 0 Å². The van der Waals surface area contributed by atoms with Crippen LogP contribution in [0.2, 0.25) is 0 Å². The molecule has 6 atom stereocenters. The van der Waals surface area contributed by atoms with Crippen LogP contribution in [-0.4, -0.2) is 29.7 Å². The predicted molar refractivity (Wildman–Crippen MR) is 89.2 cm³/mol. The van der Waals surface area contributed by atoms with E-state index in [9.17, 15) is 4.79 Å². The molecule has 2 saturated heterocycles. The zero-order valence-corrected chi connectivity index (χ0v) is 15.4. The Hall–Kier alpha value is -0.410. The van der Waals surface area contributed by atoms with Gasteiger partial charge in [0.2, 0.25) is 0 Å². The smallest absolute Gasteiger partial charge is 0.138 e. The first kappa shape index (κ1) is 16.1. The summed E-state index contributed by atoms with van der Waals surface area (Å²) < 4.78 is 12.4. The van der Waals surface area contributed by atoms with Gasteiger partial charge in [-0.3, -0.25) is 4.79 Å². The van der Waals surface area contributed by atoms with E-state index in [0.717, 1.165) is 38.7 Å². The zero-order chi connectivity index (χ0) is 16.7. The molecule has 4 rings (SSSR count). The molecule has 0 spiro atoms. The van der Waals surface area contributed by atoms with Crippen molar-refractivity contribution >= 4 is 5.78 Å². The third-order valence-electron chi connectivity index (χ3n) is 8.15. The maximum atomic E-state index is 12.5. The molecular formula is C20H32O3. The van der Waals surface area contributed by atoms with Gasteiger partial charge in [-0.15, -0.1) is 0 Å². The minimum atomic E-state index is -0.172. The number of fused-ring (bicyclic) bond motifs is 3. The Morgan fingerprint density at radius 2 is 1.52 bits per heavy atom. The Bertz CT molecular complexity index is 537. The number of Topliss-reactive ketones (excluding diaryl/α,β-unsaturated/α-hetero) is 1. The Balaban J connectivity index is 1.66. The topological polar surface area (TPSA) is 38.8 Å². The van der Waals surface area contributed by atoms with Gasteiger partial charge in [-0.05, 0) is 63.2 Å². The summed E-state index contributed by atoms with van der Waals surface area (Å²) >= 11 is 0. The molecule has 0 amide bonds. The number of hydrogen-bond donors (Lipinski definition) is 0. The fourth-order valence-electron chi connectivity index (χ4n) is 6.71. The molecule has 0 aromatic carbocycles. The molecule has 23 heavy (non-hydrogen) atoms. The van der Waals surface area contributed by atoms with E-state index in [-0.39, 0.29) is 22.0 Å². The van der Waals surface area contributed by atoms with Crippen molar-refractivity contribution in [3.63, 3.8) is 0 Å². The first-order chi connectivity index (χ1) is 10.6. The molecule has 2 aliphatic heterocycles. The minimum Gasteiger partial charge on any atom is -0.370 e. The van der Waals surface area contributed by atoms with Gasteiger partial charge in [-0.2, -0.15) is 0 Å². The number of carbonyl (C=O) groups is 1. The lowest BCUT2D eigenvalue weighted by molar-refractivity contribution is -0.266. The van der Waals surface area contributed by atoms with Gasteiger partial charge in [0.1, 0.15) is 11.9 Å². The van der Waals surface area contributed by atoms with E-state index in [4.69, 9.17) is 9.47 Å². The second-order valence-corrected chi connectivity index (χ2v) is 9.88. The Morgan fingerprint density at radius 1 is 0.913 bits per heavy atom. The average molecular weight is 320 g/mol. The fraction of sp³-hybridized carbons (Fsp3) is 0.950. The molecule has 4 aliphatic rings. The highest BCUT2D eigenvalue weighted by Crippen LogP contribution is 2.65. The first-order valence-corrected chi connectivity index (χ1v) is 9.47. The summed E-state index contributed by atoms with van der Waals surface area (Å²) in [6, 6.07) is 0. The van der Waals surface area contributed by atoms with E-state index in [0.29, 0.717) is 23.7 Å². The molecule has 0 N–H and O–H groups in total. The van der Waals surface area contributed by atoms with Gasteiger partial charge in [0.05, 0.1) is 17.8 Å².